The minimum Gasteiger partial charge on any atom is -0.494 e. The van der Waals surface area contributed by atoms with E-state index in [1.54, 1.807) is 0 Å². The molecule has 0 saturated heterocycles. The summed E-state index contributed by atoms with van der Waals surface area (Å²) in [5.74, 6) is 1.62. The first kappa shape index (κ1) is 9.11. The average Bonchev–Trinajstić information content (AvgIpc) is 2.05. The molecule has 0 atom stereocenters. The van der Waals surface area contributed by atoms with E-state index in [0.717, 1.165) is 18.8 Å². The Labute approximate surface area is 74.4 Å². The van der Waals surface area contributed by atoms with Crippen LogP contribution in [0.5, 0.6) is 5.75 Å². The van der Waals surface area contributed by atoms with E-state index in [4.69, 9.17) is 4.74 Å². The van der Waals surface area contributed by atoms with Crippen molar-refractivity contribution in [2.75, 3.05) is 6.61 Å². The maximum Gasteiger partial charge on any atom is 0.119 e. The predicted octanol–water partition coefficient (Wildman–Crippen LogP) is 2.91. The zero-order valence-electron chi connectivity index (χ0n) is 7.71. The van der Waals surface area contributed by atoms with E-state index < -0.39 is 0 Å². The molecule has 1 aromatic rings. The molecule has 0 aliphatic carbocycles. The van der Waals surface area contributed by atoms with Crippen LogP contribution in [-0.4, -0.2) is 6.61 Å². The number of rotatable bonds is 4. The van der Waals surface area contributed by atoms with Crippen LogP contribution in [0, 0.1) is 12.0 Å². The first-order chi connectivity index (χ1) is 5.79. The number of benzene rings is 1. The highest BCUT2D eigenvalue weighted by Gasteiger charge is 1.94. The van der Waals surface area contributed by atoms with E-state index in [1.807, 2.05) is 24.3 Å². The summed E-state index contributed by atoms with van der Waals surface area (Å²) in [7, 11) is 0. The minimum atomic E-state index is 0.706. The zero-order chi connectivity index (χ0) is 8.81. The smallest absolute Gasteiger partial charge is 0.119 e. The van der Waals surface area contributed by atoms with Crippen molar-refractivity contribution >= 4 is 0 Å². The first-order valence-electron chi connectivity index (χ1n) is 4.38. The molecule has 1 aromatic carbocycles. The van der Waals surface area contributed by atoms with Gasteiger partial charge in [0.2, 0.25) is 0 Å². The number of ether oxygens (including phenoxy) is 1. The van der Waals surface area contributed by atoms with Gasteiger partial charge in [-0.25, -0.2) is 0 Å². The van der Waals surface area contributed by atoms with Crippen LogP contribution in [0.1, 0.15) is 20.3 Å². The molecular weight excluding hydrogens is 148 g/mol. The summed E-state index contributed by atoms with van der Waals surface area (Å²) < 4.78 is 5.49. The molecule has 0 amide bonds. The van der Waals surface area contributed by atoms with Crippen molar-refractivity contribution in [2.45, 2.75) is 20.3 Å². The van der Waals surface area contributed by atoms with Gasteiger partial charge in [-0.05, 0) is 30.5 Å². The maximum atomic E-state index is 5.49. The van der Waals surface area contributed by atoms with E-state index in [9.17, 15) is 0 Å². The first-order valence-corrected chi connectivity index (χ1v) is 4.38. The summed E-state index contributed by atoms with van der Waals surface area (Å²) in [6, 6.07) is 10.6. The predicted molar refractivity (Wildman–Crippen MR) is 50.2 cm³/mol. The Balaban J connectivity index is 2.25. The van der Waals surface area contributed by atoms with Crippen LogP contribution >= 0.6 is 0 Å². The Kier molecular flexibility index (Phi) is 3.65. The van der Waals surface area contributed by atoms with Crippen molar-refractivity contribution in [1.29, 1.82) is 0 Å². The van der Waals surface area contributed by atoms with Gasteiger partial charge in [-0.2, -0.15) is 0 Å². The Bertz CT molecular complexity index is 204. The van der Waals surface area contributed by atoms with Crippen molar-refractivity contribution < 1.29 is 4.74 Å². The van der Waals surface area contributed by atoms with Gasteiger partial charge >= 0.3 is 0 Å². The summed E-state index contributed by atoms with van der Waals surface area (Å²) in [5, 5.41) is 0. The molecule has 0 N–H and O–H groups in total. The van der Waals surface area contributed by atoms with Gasteiger partial charge in [-0.15, -0.1) is 0 Å². The lowest BCUT2D eigenvalue weighted by molar-refractivity contribution is 0.289. The SMILES string of the molecule is CC(C)CCOc1c[c]ccc1. The third-order valence-corrected chi connectivity index (χ3v) is 1.64. The van der Waals surface area contributed by atoms with E-state index in [1.165, 1.54) is 0 Å². The Morgan fingerprint density at radius 2 is 2.33 bits per heavy atom. The molecule has 12 heavy (non-hydrogen) atoms. The minimum absolute atomic E-state index is 0.706. The van der Waals surface area contributed by atoms with Crippen LogP contribution in [0.15, 0.2) is 24.3 Å². The Morgan fingerprint density at radius 3 is 2.92 bits per heavy atom. The fourth-order valence-electron chi connectivity index (χ4n) is 0.879. The molecule has 0 fully saturated rings. The number of hydrogen-bond acceptors (Lipinski definition) is 1. The van der Waals surface area contributed by atoms with Gasteiger partial charge < -0.3 is 4.74 Å². The lowest BCUT2D eigenvalue weighted by Crippen LogP contribution is -2.00. The summed E-state index contributed by atoms with van der Waals surface area (Å²) >= 11 is 0. The molecule has 1 rings (SSSR count). The second-order valence-electron chi connectivity index (χ2n) is 3.27. The standard InChI is InChI=1S/C11H15O/c1-10(2)8-9-12-11-6-4-3-5-7-11/h3-4,6-7,10H,8-9H2,1-2H3. The molecule has 0 aliphatic heterocycles. The summed E-state index contributed by atoms with van der Waals surface area (Å²) in [5.41, 5.74) is 0. The highest BCUT2D eigenvalue weighted by Crippen LogP contribution is 2.09. The molecule has 0 aliphatic rings. The van der Waals surface area contributed by atoms with Crippen molar-refractivity contribution in [3.05, 3.63) is 30.3 Å². The largest absolute Gasteiger partial charge is 0.494 e. The van der Waals surface area contributed by atoms with E-state index in [2.05, 4.69) is 19.9 Å². The van der Waals surface area contributed by atoms with E-state index in [-0.39, 0.29) is 0 Å². The van der Waals surface area contributed by atoms with E-state index in [0.29, 0.717) is 5.92 Å². The van der Waals surface area contributed by atoms with Crippen LogP contribution in [0.3, 0.4) is 0 Å². The van der Waals surface area contributed by atoms with Gasteiger partial charge in [0, 0.05) is 0 Å². The van der Waals surface area contributed by atoms with Crippen molar-refractivity contribution in [3.63, 3.8) is 0 Å². The summed E-state index contributed by atoms with van der Waals surface area (Å²) in [6.07, 6.45) is 1.11. The van der Waals surface area contributed by atoms with Crippen LogP contribution in [0.2, 0.25) is 0 Å². The lowest BCUT2D eigenvalue weighted by Gasteiger charge is -2.06. The fourth-order valence-corrected chi connectivity index (χ4v) is 0.879. The Morgan fingerprint density at radius 1 is 1.50 bits per heavy atom. The molecular formula is C11H15O. The number of hydrogen-bond donors (Lipinski definition) is 0. The fraction of sp³-hybridized carbons (Fsp3) is 0.455. The van der Waals surface area contributed by atoms with Gasteiger partial charge in [0.15, 0.2) is 0 Å². The lowest BCUT2D eigenvalue weighted by atomic mass is 10.1. The molecule has 0 saturated carbocycles. The molecule has 0 bridgehead atoms. The van der Waals surface area contributed by atoms with Crippen LogP contribution in [0.4, 0.5) is 0 Å². The molecule has 0 spiro atoms. The van der Waals surface area contributed by atoms with Gasteiger partial charge in [-0.1, -0.05) is 26.0 Å². The van der Waals surface area contributed by atoms with Gasteiger partial charge in [0.1, 0.15) is 5.75 Å². The quantitative estimate of drug-likeness (QED) is 0.663. The molecule has 0 unspecified atom stereocenters. The highest BCUT2D eigenvalue weighted by atomic mass is 16.5. The zero-order valence-corrected chi connectivity index (χ0v) is 7.71. The van der Waals surface area contributed by atoms with Crippen LogP contribution < -0.4 is 4.74 Å². The van der Waals surface area contributed by atoms with Gasteiger partial charge in [0.05, 0.1) is 6.61 Å². The van der Waals surface area contributed by atoms with Crippen LogP contribution in [-0.2, 0) is 0 Å². The van der Waals surface area contributed by atoms with E-state index >= 15 is 0 Å². The summed E-state index contributed by atoms with van der Waals surface area (Å²) in [6.45, 7) is 5.19. The van der Waals surface area contributed by atoms with Gasteiger partial charge in [0.25, 0.3) is 0 Å². The Hall–Kier alpha value is -0.980. The second-order valence-corrected chi connectivity index (χ2v) is 3.27. The monoisotopic (exact) mass is 163 g/mol. The molecule has 1 heteroatoms. The molecule has 1 radical (unpaired) electrons. The third-order valence-electron chi connectivity index (χ3n) is 1.64. The topological polar surface area (TPSA) is 9.23 Å². The third kappa shape index (κ3) is 3.42. The normalized spacial score (nSPS) is 10.2. The highest BCUT2D eigenvalue weighted by molar-refractivity contribution is 5.19. The second kappa shape index (κ2) is 4.81. The van der Waals surface area contributed by atoms with Crippen LogP contribution in [0.25, 0.3) is 0 Å². The molecule has 0 aromatic heterocycles. The average molecular weight is 163 g/mol. The van der Waals surface area contributed by atoms with Crippen molar-refractivity contribution in [3.8, 4) is 5.75 Å². The molecule has 65 valence electrons. The molecule has 1 nitrogen and oxygen atoms in total. The maximum absolute atomic E-state index is 5.49. The van der Waals surface area contributed by atoms with Crippen molar-refractivity contribution in [2.24, 2.45) is 5.92 Å². The van der Waals surface area contributed by atoms with Gasteiger partial charge in [-0.3, -0.25) is 0 Å². The van der Waals surface area contributed by atoms with Crippen molar-refractivity contribution in [1.82, 2.24) is 0 Å². The summed E-state index contributed by atoms with van der Waals surface area (Å²) in [4.78, 5) is 0. The molecule has 0 heterocycles.